The lowest BCUT2D eigenvalue weighted by Gasteiger charge is -2.39. The molecule has 108 valence electrons. The fourth-order valence-electron chi connectivity index (χ4n) is 2.85. The third kappa shape index (κ3) is 2.91. The summed E-state index contributed by atoms with van der Waals surface area (Å²) in [5.41, 5.74) is 0.191. The molecular weight excluding hydrogens is 244 g/mol. The maximum Gasteiger partial charge on any atom is 0.245 e. The van der Waals surface area contributed by atoms with Crippen LogP contribution >= 0.6 is 0 Å². The van der Waals surface area contributed by atoms with Gasteiger partial charge in [0.25, 0.3) is 0 Å². The van der Waals surface area contributed by atoms with Crippen molar-refractivity contribution < 1.29 is 14.3 Å². The molecule has 1 aliphatic carbocycles. The Bertz CT molecular complexity index is 366. The molecule has 2 amide bonds. The van der Waals surface area contributed by atoms with E-state index in [-0.39, 0.29) is 23.3 Å². The largest absolute Gasteiger partial charge is 0.385 e. The van der Waals surface area contributed by atoms with Crippen LogP contribution in [0.1, 0.15) is 39.5 Å². The zero-order valence-corrected chi connectivity index (χ0v) is 12.1. The third-order valence-corrected chi connectivity index (χ3v) is 4.38. The molecule has 2 rings (SSSR count). The van der Waals surface area contributed by atoms with Crippen molar-refractivity contribution in [2.24, 2.45) is 5.41 Å². The van der Waals surface area contributed by atoms with Gasteiger partial charge in [0.1, 0.15) is 12.1 Å². The van der Waals surface area contributed by atoms with E-state index < -0.39 is 6.04 Å². The van der Waals surface area contributed by atoms with Gasteiger partial charge >= 0.3 is 0 Å². The number of hydrogen-bond donors (Lipinski definition) is 1. The molecule has 5 heteroatoms. The molecule has 0 bridgehead atoms. The molecule has 2 aliphatic rings. The van der Waals surface area contributed by atoms with E-state index in [1.165, 1.54) is 0 Å². The van der Waals surface area contributed by atoms with Crippen molar-refractivity contribution in [1.82, 2.24) is 10.2 Å². The van der Waals surface area contributed by atoms with Crippen molar-refractivity contribution in [3.05, 3.63) is 0 Å². The Morgan fingerprint density at radius 3 is 2.63 bits per heavy atom. The highest BCUT2D eigenvalue weighted by molar-refractivity contribution is 5.96. The molecule has 1 aliphatic heterocycles. The van der Waals surface area contributed by atoms with Gasteiger partial charge < -0.3 is 15.0 Å². The van der Waals surface area contributed by atoms with Crippen LogP contribution < -0.4 is 5.32 Å². The Hall–Kier alpha value is -1.10. The normalized spacial score (nSPS) is 29.3. The lowest BCUT2D eigenvalue weighted by atomic mass is 9.98. The molecule has 1 saturated carbocycles. The first-order chi connectivity index (χ1) is 9.03. The van der Waals surface area contributed by atoms with Gasteiger partial charge in [0.2, 0.25) is 11.8 Å². The van der Waals surface area contributed by atoms with Crippen LogP contribution in [-0.4, -0.2) is 49.1 Å². The van der Waals surface area contributed by atoms with Crippen molar-refractivity contribution in [3.63, 3.8) is 0 Å². The van der Waals surface area contributed by atoms with Crippen molar-refractivity contribution in [3.8, 4) is 0 Å². The summed E-state index contributed by atoms with van der Waals surface area (Å²) in [6.45, 7) is 5.13. The molecule has 0 aromatic carbocycles. The quantitative estimate of drug-likeness (QED) is 0.779. The summed E-state index contributed by atoms with van der Waals surface area (Å²) in [5, 5.41) is 2.75. The minimum Gasteiger partial charge on any atom is -0.385 e. The van der Waals surface area contributed by atoms with Gasteiger partial charge in [-0.1, -0.05) is 6.92 Å². The Morgan fingerprint density at radius 2 is 2.11 bits per heavy atom. The number of rotatable bonds is 6. The number of nitrogens with zero attached hydrogens (tertiary/aromatic N) is 1. The van der Waals surface area contributed by atoms with Crippen LogP contribution in [0.3, 0.4) is 0 Å². The number of piperazine rings is 1. The van der Waals surface area contributed by atoms with Crippen LogP contribution in [0, 0.1) is 5.41 Å². The predicted molar refractivity (Wildman–Crippen MR) is 71.6 cm³/mol. The van der Waals surface area contributed by atoms with Crippen LogP contribution in [0.25, 0.3) is 0 Å². The predicted octanol–water partition coefficient (Wildman–Crippen LogP) is 0.929. The summed E-state index contributed by atoms with van der Waals surface area (Å²) in [6.07, 6.45) is 3.91. The number of carbonyl (C=O) groups is 2. The third-order valence-electron chi connectivity index (χ3n) is 4.38. The molecule has 0 spiro atoms. The smallest absolute Gasteiger partial charge is 0.245 e. The highest BCUT2D eigenvalue weighted by Crippen LogP contribution is 2.49. The second kappa shape index (κ2) is 5.49. The van der Waals surface area contributed by atoms with Gasteiger partial charge in [0, 0.05) is 20.3 Å². The van der Waals surface area contributed by atoms with Gasteiger partial charge in [0.15, 0.2) is 0 Å². The average molecular weight is 268 g/mol. The summed E-state index contributed by atoms with van der Waals surface area (Å²) in [4.78, 5) is 26.1. The minimum atomic E-state index is -0.395. The molecule has 0 aromatic heterocycles. The highest BCUT2D eigenvalue weighted by Gasteiger charge is 2.48. The van der Waals surface area contributed by atoms with Crippen LogP contribution in [0.2, 0.25) is 0 Å². The first-order valence-corrected chi connectivity index (χ1v) is 7.13. The van der Waals surface area contributed by atoms with E-state index in [0.29, 0.717) is 13.0 Å². The molecule has 1 N–H and O–H groups in total. The Morgan fingerprint density at radius 1 is 1.42 bits per heavy atom. The van der Waals surface area contributed by atoms with Crippen molar-refractivity contribution in [2.45, 2.75) is 51.6 Å². The van der Waals surface area contributed by atoms with Gasteiger partial charge in [-0.15, -0.1) is 0 Å². The fraction of sp³-hybridized carbons (Fsp3) is 0.857. The van der Waals surface area contributed by atoms with Gasteiger partial charge in [-0.25, -0.2) is 0 Å². The van der Waals surface area contributed by atoms with E-state index in [1.54, 1.807) is 18.9 Å². The van der Waals surface area contributed by atoms with Crippen LogP contribution in [0.4, 0.5) is 0 Å². The molecule has 5 nitrogen and oxygen atoms in total. The van der Waals surface area contributed by atoms with Crippen LogP contribution in [-0.2, 0) is 14.3 Å². The number of nitrogens with one attached hydrogen (secondary N) is 1. The minimum absolute atomic E-state index is 0.0165. The molecular formula is C14H24N2O3. The Labute approximate surface area is 114 Å². The zero-order valence-electron chi connectivity index (χ0n) is 12.1. The highest BCUT2D eigenvalue weighted by atomic mass is 16.5. The summed E-state index contributed by atoms with van der Waals surface area (Å²) in [6, 6.07) is -0.697. The first kappa shape index (κ1) is 14.3. The van der Waals surface area contributed by atoms with E-state index in [4.69, 9.17) is 4.74 Å². The lowest BCUT2D eigenvalue weighted by molar-refractivity contribution is -0.150. The lowest BCUT2D eigenvalue weighted by Crippen LogP contribution is -2.63. The summed E-state index contributed by atoms with van der Waals surface area (Å²) in [7, 11) is 1.70. The second-order valence-electron chi connectivity index (χ2n) is 5.86. The van der Waals surface area contributed by atoms with Crippen LogP contribution in [0.5, 0.6) is 0 Å². The van der Waals surface area contributed by atoms with E-state index in [1.807, 2.05) is 6.92 Å². The average Bonchev–Trinajstić information content (AvgIpc) is 3.14. The van der Waals surface area contributed by atoms with Crippen LogP contribution in [0.15, 0.2) is 0 Å². The number of ether oxygens (including phenoxy) is 1. The first-order valence-electron chi connectivity index (χ1n) is 7.13. The van der Waals surface area contributed by atoms with Gasteiger partial charge in [-0.05, 0) is 38.0 Å². The summed E-state index contributed by atoms with van der Waals surface area (Å²) in [5.74, 6) is 0.0345. The molecule has 2 atom stereocenters. The standard InChI is InChI=1S/C14H24N2O3/c1-4-11-12(17)15-10(2)13(18)16(11)9-14(5-6-14)7-8-19-3/h10-11H,4-9H2,1-3H3,(H,15,17). The summed E-state index contributed by atoms with van der Waals surface area (Å²) >= 11 is 0. The summed E-state index contributed by atoms with van der Waals surface area (Å²) < 4.78 is 5.15. The molecule has 2 fully saturated rings. The zero-order chi connectivity index (χ0) is 14.0. The van der Waals surface area contributed by atoms with Crippen molar-refractivity contribution in [2.75, 3.05) is 20.3 Å². The van der Waals surface area contributed by atoms with E-state index in [0.717, 1.165) is 25.9 Å². The molecule has 1 heterocycles. The Balaban J connectivity index is 2.06. The van der Waals surface area contributed by atoms with E-state index in [9.17, 15) is 9.59 Å². The molecule has 0 aromatic rings. The number of methoxy groups -OCH3 is 1. The maximum absolute atomic E-state index is 12.3. The van der Waals surface area contributed by atoms with E-state index in [2.05, 4.69) is 5.32 Å². The maximum atomic E-state index is 12.3. The van der Waals surface area contributed by atoms with Gasteiger partial charge in [0.05, 0.1) is 0 Å². The molecule has 1 saturated heterocycles. The van der Waals surface area contributed by atoms with E-state index >= 15 is 0 Å². The second-order valence-corrected chi connectivity index (χ2v) is 5.86. The molecule has 19 heavy (non-hydrogen) atoms. The van der Waals surface area contributed by atoms with Gasteiger partial charge in [-0.3, -0.25) is 9.59 Å². The Kier molecular flexibility index (Phi) is 4.13. The van der Waals surface area contributed by atoms with Crippen molar-refractivity contribution >= 4 is 11.8 Å². The van der Waals surface area contributed by atoms with Crippen molar-refractivity contribution in [1.29, 1.82) is 0 Å². The fourth-order valence-corrected chi connectivity index (χ4v) is 2.85. The number of amides is 2. The monoisotopic (exact) mass is 268 g/mol. The topological polar surface area (TPSA) is 58.6 Å². The number of hydrogen-bond acceptors (Lipinski definition) is 3. The number of carbonyl (C=O) groups excluding carboxylic acids is 2. The molecule has 2 unspecified atom stereocenters. The SMILES string of the molecule is CCC1C(=O)NC(C)C(=O)N1CC1(CCOC)CC1. The van der Waals surface area contributed by atoms with Gasteiger partial charge in [-0.2, -0.15) is 0 Å². The molecule has 0 radical (unpaired) electrons.